The van der Waals surface area contributed by atoms with Crippen molar-refractivity contribution in [2.45, 2.75) is 26.2 Å². The molecule has 0 aliphatic carbocycles. The molecule has 3 N–H and O–H groups in total. The van der Waals surface area contributed by atoms with Gasteiger partial charge < -0.3 is 20.5 Å². The third-order valence-corrected chi connectivity index (χ3v) is 5.20. The molecule has 2 heterocycles. The van der Waals surface area contributed by atoms with E-state index in [9.17, 15) is 9.59 Å². The molecule has 0 radical (unpaired) electrons. The summed E-state index contributed by atoms with van der Waals surface area (Å²) in [5.74, 6) is 0.762. The van der Waals surface area contributed by atoms with Gasteiger partial charge in [0.05, 0.1) is 18.5 Å². The number of amides is 2. The van der Waals surface area contributed by atoms with Gasteiger partial charge in [-0.15, -0.1) is 0 Å². The Morgan fingerprint density at radius 3 is 2.77 bits per heavy atom. The number of hydrogen-bond acceptors (Lipinski definition) is 5. The van der Waals surface area contributed by atoms with Crippen molar-refractivity contribution in [3.05, 3.63) is 65.4 Å². The Morgan fingerprint density at radius 2 is 2.03 bits per heavy atom. The van der Waals surface area contributed by atoms with E-state index in [1.807, 2.05) is 50.2 Å². The fourth-order valence-corrected chi connectivity index (χ4v) is 3.78. The van der Waals surface area contributed by atoms with E-state index in [1.165, 1.54) is 0 Å². The van der Waals surface area contributed by atoms with Gasteiger partial charge in [-0.25, -0.2) is 4.68 Å². The van der Waals surface area contributed by atoms with E-state index >= 15 is 0 Å². The SMILES string of the molecule is CCOc1cc(C2CC(=O)Nc3c2cnn3-c2ccccc2C)ccc1OCC(N)=O. The highest BCUT2D eigenvalue weighted by Crippen LogP contribution is 2.41. The Kier molecular flexibility index (Phi) is 5.62. The van der Waals surface area contributed by atoms with Crippen LogP contribution in [0.4, 0.5) is 5.82 Å². The lowest BCUT2D eigenvalue weighted by atomic mass is 9.87. The second-order valence-electron chi connectivity index (χ2n) is 7.35. The Hall–Kier alpha value is -3.81. The van der Waals surface area contributed by atoms with E-state index in [0.717, 1.165) is 22.4 Å². The first-order chi connectivity index (χ1) is 15.0. The van der Waals surface area contributed by atoms with Crippen LogP contribution in [0.5, 0.6) is 11.5 Å². The largest absolute Gasteiger partial charge is 0.490 e. The summed E-state index contributed by atoms with van der Waals surface area (Å²) in [4.78, 5) is 23.6. The maximum atomic E-state index is 12.6. The van der Waals surface area contributed by atoms with Crippen LogP contribution < -0.4 is 20.5 Å². The van der Waals surface area contributed by atoms with Crippen LogP contribution >= 0.6 is 0 Å². The molecule has 2 aromatic carbocycles. The van der Waals surface area contributed by atoms with Gasteiger partial charge in [-0.05, 0) is 43.2 Å². The molecule has 0 spiro atoms. The predicted octanol–water partition coefficient (Wildman–Crippen LogP) is 2.92. The fraction of sp³-hybridized carbons (Fsp3) is 0.261. The zero-order valence-corrected chi connectivity index (χ0v) is 17.4. The van der Waals surface area contributed by atoms with Crippen LogP contribution in [0.2, 0.25) is 0 Å². The number of benzene rings is 2. The molecule has 31 heavy (non-hydrogen) atoms. The third kappa shape index (κ3) is 4.09. The molecule has 3 aromatic rings. The predicted molar refractivity (Wildman–Crippen MR) is 116 cm³/mol. The molecule has 0 bridgehead atoms. The van der Waals surface area contributed by atoms with Crippen molar-refractivity contribution in [3.8, 4) is 17.2 Å². The number of fused-ring (bicyclic) bond motifs is 1. The lowest BCUT2D eigenvalue weighted by Crippen LogP contribution is -2.24. The number of rotatable bonds is 7. The zero-order valence-electron chi connectivity index (χ0n) is 17.4. The Morgan fingerprint density at radius 1 is 1.23 bits per heavy atom. The molecular formula is C23H24N4O4. The number of carbonyl (C=O) groups excluding carboxylic acids is 2. The summed E-state index contributed by atoms with van der Waals surface area (Å²) in [5.41, 5.74) is 8.97. The smallest absolute Gasteiger partial charge is 0.255 e. The van der Waals surface area contributed by atoms with Crippen molar-refractivity contribution in [1.29, 1.82) is 0 Å². The number of hydrogen-bond donors (Lipinski definition) is 2. The standard InChI is InChI=1S/C23H24N4O4/c1-3-30-20-10-15(8-9-19(20)31-13-21(24)28)16-11-22(29)26-23-17(16)12-25-27(23)18-7-5-4-6-14(18)2/h4-10,12,16H,3,11,13H2,1-2H3,(H2,24,28)(H,26,29). The number of nitrogens with zero attached hydrogens (tertiary/aromatic N) is 2. The maximum absolute atomic E-state index is 12.6. The molecule has 0 saturated carbocycles. The fourth-order valence-electron chi connectivity index (χ4n) is 3.78. The molecular weight excluding hydrogens is 396 g/mol. The molecule has 160 valence electrons. The summed E-state index contributed by atoms with van der Waals surface area (Å²) in [6.45, 7) is 4.06. The van der Waals surface area contributed by atoms with Gasteiger partial charge in [0.2, 0.25) is 5.91 Å². The van der Waals surface area contributed by atoms with E-state index in [-0.39, 0.29) is 18.4 Å². The molecule has 1 atom stereocenters. The number of nitrogens with one attached hydrogen (secondary N) is 1. The van der Waals surface area contributed by atoms with Crippen LogP contribution in [-0.4, -0.2) is 34.8 Å². The monoisotopic (exact) mass is 420 g/mol. The Bertz CT molecular complexity index is 1140. The molecule has 1 unspecified atom stereocenters. The first-order valence-corrected chi connectivity index (χ1v) is 10.1. The van der Waals surface area contributed by atoms with Crippen LogP contribution in [0.25, 0.3) is 5.69 Å². The highest BCUT2D eigenvalue weighted by molar-refractivity contribution is 5.94. The summed E-state index contributed by atoms with van der Waals surface area (Å²) >= 11 is 0. The average Bonchev–Trinajstić information content (AvgIpc) is 3.16. The van der Waals surface area contributed by atoms with Crippen molar-refractivity contribution in [2.75, 3.05) is 18.5 Å². The molecule has 1 aromatic heterocycles. The van der Waals surface area contributed by atoms with Crippen LogP contribution in [-0.2, 0) is 9.59 Å². The topological polar surface area (TPSA) is 108 Å². The molecule has 0 fully saturated rings. The molecule has 4 rings (SSSR count). The summed E-state index contributed by atoms with van der Waals surface area (Å²) < 4.78 is 12.9. The number of ether oxygens (including phenoxy) is 2. The minimum Gasteiger partial charge on any atom is -0.490 e. The summed E-state index contributed by atoms with van der Waals surface area (Å²) in [7, 11) is 0. The van der Waals surface area contributed by atoms with E-state index in [0.29, 0.717) is 30.3 Å². The Labute approximate surface area is 180 Å². The van der Waals surface area contributed by atoms with Crippen LogP contribution in [0.1, 0.15) is 36.0 Å². The summed E-state index contributed by atoms with van der Waals surface area (Å²) in [6.07, 6.45) is 2.09. The number of nitrogens with two attached hydrogens (primary N) is 1. The number of carbonyl (C=O) groups is 2. The molecule has 0 saturated heterocycles. The number of para-hydroxylation sites is 1. The van der Waals surface area contributed by atoms with Gasteiger partial charge in [0.15, 0.2) is 18.1 Å². The van der Waals surface area contributed by atoms with Gasteiger partial charge in [0, 0.05) is 17.9 Å². The normalized spacial score (nSPS) is 15.2. The lowest BCUT2D eigenvalue weighted by Gasteiger charge is -2.25. The van der Waals surface area contributed by atoms with Crippen LogP contribution in [0, 0.1) is 6.92 Å². The van der Waals surface area contributed by atoms with Crippen molar-refractivity contribution in [3.63, 3.8) is 0 Å². The maximum Gasteiger partial charge on any atom is 0.255 e. The van der Waals surface area contributed by atoms with E-state index in [1.54, 1.807) is 16.9 Å². The minimum atomic E-state index is -0.566. The molecule has 8 heteroatoms. The number of primary amides is 1. The van der Waals surface area contributed by atoms with Gasteiger partial charge >= 0.3 is 0 Å². The summed E-state index contributed by atoms with van der Waals surface area (Å²) in [5, 5.41) is 7.53. The van der Waals surface area contributed by atoms with Gasteiger partial charge in [-0.3, -0.25) is 9.59 Å². The van der Waals surface area contributed by atoms with Gasteiger partial charge in [0.25, 0.3) is 5.91 Å². The molecule has 8 nitrogen and oxygen atoms in total. The van der Waals surface area contributed by atoms with Crippen molar-refractivity contribution in [1.82, 2.24) is 9.78 Å². The van der Waals surface area contributed by atoms with E-state index < -0.39 is 5.91 Å². The van der Waals surface area contributed by atoms with Gasteiger partial charge in [0.1, 0.15) is 5.82 Å². The molecule has 2 amide bonds. The second kappa shape index (κ2) is 8.51. The van der Waals surface area contributed by atoms with Gasteiger partial charge in [-0.1, -0.05) is 24.3 Å². The number of anilines is 1. The minimum absolute atomic E-state index is 0.0835. The highest BCUT2D eigenvalue weighted by Gasteiger charge is 2.31. The van der Waals surface area contributed by atoms with Crippen molar-refractivity contribution >= 4 is 17.6 Å². The third-order valence-electron chi connectivity index (χ3n) is 5.20. The molecule has 1 aliphatic heterocycles. The quantitative estimate of drug-likeness (QED) is 0.611. The first kappa shape index (κ1) is 20.5. The Balaban J connectivity index is 1.73. The van der Waals surface area contributed by atoms with E-state index in [4.69, 9.17) is 15.2 Å². The van der Waals surface area contributed by atoms with Crippen molar-refractivity contribution in [2.24, 2.45) is 5.73 Å². The van der Waals surface area contributed by atoms with Crippen LogP contribution in [0.15, 0.2) is 48.7 Å². The van der Waals surface area contributed by atoms with Crippen molar-refractivity contribution < 1.29 is 19.1 Å². The summed E-state index contributed by atoms with van der Waals surface area (Å²) in [6, 6.07) is 13.3. The highest BCUT2D eigenvalue weighted by atomic mass is 16.5. The number of aryl methyl sites for hydroxylation is 1. The molecule has 1 aliphatic rings. The number of aromatic nitrogens is 2. The average molecular weight is 420 g/mol. The zero-order chi connectivity index (χ0) is 22.0. The van der Waals surface area contributed by atoms with Gasteiger partial charge in [-0.2, -0.15) is 5.10 Å². The van der Waals surface area contributed by atoms with E-state index in [2.05, 4.69) is 10.4 Å². The lowest BCUT2D eigenvalue weighted by molar-refractivity contribution is -0.120. The first-order valence-electron chi connectivity index (χ1n) is 10.1. The van der Waals surface area contributed by atoms with Crippen LogP contribution in [0.3, 0.4) is 0 Å². The second-order valence-corrected chi connectivity index (χ2v) is 7.35.